The fourth-order valence-electron chi connectivity index (χ4n) is 5.05. The van der Waals surface area contributed by atoms with E-state index >= 15 is 0 Å². The van der Waals surface area contributed by atoms with Crippen LogP contribution in [0.5, 0.6) is 0 Å². The molecule has 194 valence electrons. The summed E-state index contributed by atoms with van der Waals surface area (Å²) in [7, 11) is 0. The molecule has 0 aliphatic heterocycles. The predicted molar refractivity (Wildman–Crippen MR) is 135 cm³/mol. The second-order valence-electron chi connectivity index (χ2n) is 9.92. The van der Waals surface area contributed by atoms with Crippen LogP contribution >= 0.6 is 23.2 Å². The normalized spacial score (nSPS) is 25.4. The number of ketones is 3. The Labute approximate surface area is 220 Å². The van der Waals surface area contributed by atoms with Crippen molar-refractivity contribution in [2.75, 3.05) is 0 Å². The monoisotopic (exact) mass is 538 g/mol. The molecule has 0 aromatic heterocycles. The lowest BCUT2D eigenvalue weighted by Crippen LogP contribution is -2.15. The SMILES string of the molecule is CC(=O)[C@@H]1CC(=O)[C@@H](Cc2ccc(F)c(Cl)c2)C1.CC(=O)[C@@H]1CC(O)[C@@H](Cc2ccc(F)c(Cl)c2)C1. The number of carbonyl (C=O) groups excluding carboxylic acids is 3. The van der Waals surface area contributed by atoms with Gasteiger partial charge in [-0.05, 0) is 87.3 Å². The van der Waals surface area contributed by atoms with Crippen LogP contribution in [0, 0.1) is 35.3 Å². The summed E-state index contributed by atoms with van der Waals surface area (Å²) in [4.78, 5) is 34.4. The molecule has 2 aromatic carbocycles. The van der Waals surface area contributed by atoms with Gasteiger partial charge < -0.3 is 5.11 Å². The Kier molecular flexibility index (Phi) is 9.79. The van der Waals surface area contributed by atoms with E-state index in [-0.39, 0.29) is 51.1 Å². The zero-order valence-electron chi connectivity index (χ0n) is 20.3. The van der Waals surface area contributed by atoms with Gasteiger partial charge in [-0.1, -0.05) is 35.3 Å². The van der Waals surface area contributed by atoms with Gasteiger partial charge in [-0.3, -0.25) is 14.4 Å². The minimum atomic E-state index is -0.459. The molecule has 0 spiro atoms. The molecule has 4 rings (SSSR count). The lowest BCUT2D eigenvalue weighted by Gasteiger charge is -2.14. The molecule has 0 heterocycles. The predicted octanol–water partition coefficient (Wildman–Crippen LogP) is 6.20. The van der Waals surface area contributed by atoms with Crippen molar-refractivity contribution in [3.8, 4) is 0 Å². The Morgan fingerprint density at radius 3 is 1.83 bits per heavy atom. The van der Waals surface area contributed by atoms with Crippen LogP contribution in [0.4, 0.5) is 8.78 Å². The molecule has 1 unspecified atom stereocenters. The van der Waals surface area contributed by atoms with E-state index in [2.05, 4.69) is 0 Å². The van der Waals surface area contributed by atoms with Crippen molar-refractivity contribution in [1.29, 1.82) is 0 Å². The molecule has 0 amide bonds. The summed E-state index contributed by atoms with van der Waals surface area (Å²) < 4.78 is 26.0. The fourth-order valence-corrected chi connectivity index (χ4v) is 5.46. The standard InChI is InChI=1S/C14H16ClFO2.C14H14ClFO2/c2*1-8(17)10-6-11(14(18)7-10)4-9-2-3-13(16)12(15)5-9/h2-3,5,10-11,14,18H,4,6-7H2,1H3;2-3,5,10-11H,4,6-7H2,1H3/t10-,11-,14?;10-,11-/m00/s1. The van der Waals surface area contributed by atoms with Crippen LogP contribution in [0.1, 0.15) is 50.7 Å². The zero-order valence-corrected chi connectivity index (χ0v) is 21.8. The summed E-state index contributed by atoms with van der Waals surface area (Å²) in [6.07, 6.45) is 2.88. The highest BCUT2D eigenvalue weighted by Crippen LogP contribution is 2.35. The quantitative estimate of drug-likeness (QED) is 0.475. The molecule has 2 aliphatic rings. The Morgan fingerprint density at radius 1 is 0.861 bits per heavy atom. The molecule has 0 bridgehead atoms. The van der Waals surface area contributed by atoms with Gasteiger partial charge in [0.05, 0.1) is 16.1 Å². The van der Waals surface area contributed by atoms with Gasteiger partial charge in [0.15, 0.2) is 0 Å². The van der Waals surface area contributed by atoms with Crippen LogP contribution in [0.2, 0.25) is 10.0 Å². The minimum Gasteiger partial charge on any atom is -0.393 e. The average Bonchev–Trinajstić information content (AvgIpc) is 3.36. The van der Waals surface area contributed by atoms with E-state index in [1.807, 2.05) is 0 Å². The van der Waals surface area contributed by atoms with Gasteiger partial charge >= 0.3 is 0 Å². The lowest BCUT2D eigenvalue weighted by atomic mass is 9.95. The van der Waals surface area contributed by atoms with E-state index in [9.17, 15) is 28.3 Å². The van der Waals surface area contributed by atoms with Gasteiger partial charge in [0.1, 0.15) is 29.0 Å². The number of hydrogen-bond donors (Lipinski definition) is 1. The smallest absolute Gasteiger partial charge is 0.141 e. The van der Waals surface area contributed by atoms with Crippen molar-refractivity contribution in [1.82, 2.24) is 0 Å². The molecule has 4 nitrogen and oxygen atoms in total. The summed E-state index contributed by atoms with van der Waals surface area (Å²) in [5, 5.41) is 10.1. The molecule has 2 aliphatic carbocycles. The Hall–Kier alpha value is -2.15. The van der Waals surface area contributed by atoms with Crippen LogP contribution in [-0.2, 0) is 27.2 Å². The number of rotatable bonds is 6. The fraction of sp³-hybridized carbons (Fsp3) is 0.464. The molecule has 2 aromatic rings. The maximum atomic E-state index is 13.0. The van der Waals surface area contributed by atoms with Crippen LogP contribution in [-0.4, -0.2) is 28.6 Å². The van der Waals surface area contributed by atoms with Crippen molar-refractivity contribution >= 4 is 40.6 Å². The summed E-state index contributed by atoms with van der Waals surface area (Å²) in [5.41, 5.74) is 1.73. The number of aliphatic hydroxyl groups is 1. The zero-order chi connectivity index (χ0) is 26.6. The number of benzene rings is 2. The van der Waals surface area contributed by atoms with E-state index in [1.54, 1.807) is 31.2 Å². The third kappa shape index (κ3) is 7.44. The minimum absolute atomic E-state index is 0.0408. The molecule has 5 atom stereocenters. The Morgan fingerprint density at radius 2 is 1.39 bits per heavy atom. The third-order valence-corrected chi connectivity index (χ3v) is 7.81. The van der Waals surface area contributed by atoms with E-state index in [1.165, 1.54) is 19.1 Å². The Balaban J connectivity index is 0.000000201. The van der Waals surface area contributed by atoms with E-state index in [0.29, 0.717) is 38.5 Å². The number of Topliss-reactive ketones (excluding diaryl/α,β-unsaturated/α-hetero) is 3. The molecular weight excluding hydrogens is 509 g/mol. The number of halogens is 4. The van der Waals surface area contributed by atoms with E-state index < -0.39 is 17.7 Å². The first-order valence-corrected chi connectivity index (χ1v) is 12.8. The van der Waals surface area contributed by atoms with Crippen LogP contribution in [0.3, 0.4) is 0 Å². The van der Waals surface area contributed by atoms with Gasteiger partial charge in [0.25, 0.3) is 0 Å². The largest absolute Gasteiger partial charge is 0.393 e. The summed E-state index contributed by atoms with van der Waals surface area (Å²) >= 11 is 11.4. The van der Waals surface area contributed by atoms with Crippen molar-refractivity contribution in [3.63, 3.8) is 0 Å². The number of hydrogen-bond acceptors (Lipinski definition) is 4. The van der Waals surface area contributed by atoms with E-state index in [4.69, 9.17) is 23.2 Å². The van der Waals surface area contributed by atoms with Crippen molar-refractivity contribution in [3.05, 3.63) is 69.2 Å². The molecule has 36 heavy (non-hydrogen) atoms. The van der Waals surface area contributed by atoms with Gasteiger partial charge in [-0.15, -0.1) is 0 Å². The molecule has 2 fully saturated rings. The first-order valence-electron chi connectivity index (χ1n) is 12.0. The van der Waals surface area contributed by atoms with Gasteiger partial charge in [0.2, 0.25) is 0 Å². The highest BCUT2D eigenvalue weighted by atomic mass is 35.5. The number of aliphatic hydroxyl groups excluding tert-OH is 1. The summed E-state index contributed by atoms with van der Waals surface area (Å²) in [5.74, 6) is -0.832. The van der Waals surface area contributed by atoms with Gasteiger partial charge in [0, 0.05) is 24.2 Å². The summed E-state index contributed by atoms with van der Waals surface area (Å²) in [6, 6.07) is 9.08. The van der Waals surface area contributed by atoms with Gasteiger partial charge in [-0.25, -0.2) is 8.78 Å². The van der Waals surface area contributed by atoms with Gasteiger partial charge in [-0.2, -0.15) is 0 Å². The first-order chi connectivity index (χ1) is 16.9. The molecule has 0 saturated heterocycles. The molecule has 8 heteroatoms. The maximum absolute atomic E-state index is 13.0. The van der Waals surface area contributed by atoms with Crippen LogP contribution in [0.25, 0.3) is 0 Å². The molecular formula is C28H30Cl2F2O4. The molecule has 0 radical (unpaired) electrons. The summed E-state index contributed by atoms with van der Waals surface area (Å²) in [6.45, 7) is 3.09. The highest BCUT2D eigenvalue weighted by molar-refractivity contribution is 6.31. The Bertz CT molecular complexity index is 1140. The maximum Gasteiger partial charge on any atom is 0.141 e. The van der Waals surface area contributed by atoms with Crippen LogP contribution in [0.15, 0.2) is 36.4 Å². The van der Waals surface area contributed by atoms with E-state index in [0.717, 1.165) is 11.1 Å². The second kappa shape index (κ2) is 12.4. The van der Waals surface area contributed by atoms with Crippen molar-refractivity contribution < 1.29 is 28.3 Å². The number of carbonyl (C=O) groups is 3. The second-order valence-corrected chi connectivity index (χ2v) is 10.7. The molecule has 1 N–H and O–H groups in total. The lowest BCUT2D eigenvalue weighted by molar-refractivity contribution is -0.124. The third-order valence-electron chi connectivity index (χ3n) is 7.23. The topological polar surface area (TPSA) is 71.4 Å². The highest BCUT2D eigenvalue weighted by Gasteiger charge is 2.35. The van der Waals surface area contributed by atoms with Crippen molar-refractivity contribution in [2.45, 2.75) is 58.5 Å². The molecule has 2 saturated carbocycles. The van der Waals surface area contributed by atoms with Crippen molar-refractivity contribution in [2.24, 2.45) is 23.7 Å². The average molecular weight is 539 g/mol. The first kappa shape index (κ1) is 28.4. The van der Waals surface area contributed by atoms with Crippen LogP contribution < -0.4 is 0 Å².